The Balaban J connectivity index is 2.17. The van der Waals surface area contributed by atoms with E-state index in [9.17, 15) is 4.79 Å². The van der Waals surface area contributed by atoms with Crippen molar-refractivity contribution in [2.45, 2.75) is 0 Å². The number of nitrogens with two attached hydrogens (primary N) is 1. The molecule has 0 fully saturated rings. The largest absolute Gasteiger partial charge is 0.396 e. The van der Waals surface area contributed by atoms with Gasteiger partial charge in [-0.1, -0.05) is 0 Å². The summed E-state index contributed by atoms with van der Waals surface area (Å²) in [4.78, 5) is 15.8. The van der Waals surface area contributed by atoms with Gasteiger partial charge in [-0.2, -0.15) is 5.10 Å². The molecule has 0 aliphatic rings. The number of carbonyl (C=O) groups is 1. The van der Waals surface area contributed by atoms with E-state index in [2.05, 4.69) is 31.3 Å². The van der Waals surface area contributed by atoms with Crippen LogP contribution < -0.4 is 11.1 Å². The molecule has 0 unspecified atom stereocenters. The number of nitrogens with one attached hydrogen (secondary N) is 1. The number of aromatic nitrogens is 3. The smallest absolute Gasteiger partial charge is 0.278 e. The van der Waals surface area contributed by atoms with Gasteiger partial charge in [0, 0.05) is 13.2 Å². The van der Waals surface area contributed by atoms with Gasteiger partial charge in [0.25, 0.3) is 5.91 Å². The van der Waals surface area contributed by atoms with E-state index < -0.39 is 0 Å². The Labute approximate surface area is 106 Å². The second-order valence-corrected chi connectivity index (χ2v) is 4.24. The summed E-state index contributed by atoms with van der Waals surface area (Å²) < 4.78 is 2.19. The number of carbonyl (C=O) groups excluding carboxylic acids is 1. The zero-order chi connectivity index (χ0) is 12.4. The number of anilines is 2. The van der Waals surface area contributed by atoms with Crippen molar-refractivity contribution in [1.29, 1.82) is 0 Å². The van der Waals surface area contributed by atoms with E-state index in [1.807, 2.05) is 0 Å². The first-order valence-corrected chi connectivity index (χ1v) is 5.57. The van der Waals surface area contributed by atoms with E-state index in [1.165, 1.54) is 4.68 Å². The van der Waals surface area contributed by atoms with Gasteiger partial charge in [0.05, 0.1) is 17.6 Å². The molecule has 3 N–H and O–H groups in total. The molecule has 0 aromatic carbocycles. The van der Waals surface area contributed by atoms with Gasteiger partial charge in [-0.3, -0.25) is 9.48 Å². The molecule has 0 spiro atoms. The first-order valence-electron chi connectivity index (χ1n) is 4.78. The molecule has 0 bridgehead atoms. The molecular formula is C10H10BrN5O. The van der Waals surface area contributed by atoms with Crippen LogP contribution in [0, 0.1) is 0 Å². The number of rotatable bonds is 2. The summed E-state index contributed by atoms with van der Waals surface area (Å²) in [6.07, 6.45) is 3.12. The van der Waals surface area contributed by atoms with E-state index in [4.69, 9.17) is 5.73 Å². The quantitative estimate of drug-likeness (QED) is 0.820. The van der Waals surface area contributed by atoms with E-state index in [-0.39, 0.29) is 11.6 Å². The standard InChI is InChI=1S/C10H10BrN5O/c1-16-5-7(12)9(15-16)10(17)14-6-2-3-8(11)13-4-6/h2-5H,12H2,1H3,(H,14,17). The maximum absolute atomic E-state index is 11.8. The van der Waals surface area contributed by atoms with Crippen LogP contribution in [0.2, 0.25) is 0 Å². The topological polar surface area (TPSA) is 85.8 Å². The minimum atomic E-state index is -0.354. The Morgan fingerprint density at radius 1 is 1.53 bits per heavy atom. The summed E-state index contributed by atoms with van der Waals surface area (Å²) in [5.41, 5.74) is 6.79. The fourth-order valence-corrected chi connectivity index (χ4v) is 1.56. The number of halogens is 1. The van der Waals surface area contributed by atoms with Gasteiger partial charge in [-0.25, -0.2) is 4.98 Å². The van der Waals surface area contributed by atoms with Gasteiger partial charge >= 0.3 is 0 Å². The third-order valence-electron chi connectivity index (χ3n) is 2.06. The van der Waals surface area contributed by atoms with Gasteiger partial charge < -0.3 is 11.1 Å². The summed E-state index contributed by atoms with van der Waals surface area (Å²) in [6.45, 7) is 0. The highest BCUT2D eigenvalue weighted by atomic mass is 79.9. The molecule has 2 aromatic heterocycles. The SMILES string of the molecule is Cn1cc(N)c(C(=O)Nc2ccc(Br)nc2)n1. The average Bonchev–Trinajstić information content (AvgIpc) is 2.61. The molecule has 0 aliphatic heterocycles. The molecule has 0 saturated heterocycles. The van der Waals surface area contributed by atoms with Crippen LogP contribution in [0.3, 0.4) is 0 Å². The highest BCUT2D eigenvalue weighted by Gasteiger charge is 2.14. The van der Waals surface area contributed by atoms with Crippen LogP contribution in [0.15, 0.2) is 29.1 Å². The molecule has 2 aromatic rings. The third kappa shape index (κ3) is 2.62. The van der Waals surface area contributed by atoms with Crippen molar-refractivity contribution >= 4 is 33.2 Å². The lowest BCUT2D eigenvalue weighted by Crippen LogP contribution is -2.14. The predicted molar refractivity (Wildman–Crippen MR) is 67.5 cm³/mol. The summed E-state index contributed by atoms with van der Waals surface area (Å²) in [5, 5.41) is 6.64. The summed E-state index contributed by atoms with van der Waals surface area (Å²) in [6, 6.07) is 3.46. The number of nitrogen functional groups attached to an aromatic ring is 1. The van der Waals surface area contributed by atoms with Crippen LogP contribution in [0.5, 0.6) is 0 Å². The first kappa shape index (κ1) is 11.6. The second-order valence-electron chi connectivity index (χ2n) is 3.43. The molecule has 0 aliphatic carbocycles. The van der Waals surface area contributed by atoms with Crippen LogP contribution >= 0.6 is 15.9 Å². The average molecular weight is 296 g/mol. The van der Waals surface area contributed by atoms with Crippen molar-refractivity contribution in [2.24, 2.45) is 7.05 Å². The fourth-order valence-electron chi connectivity index (χ4n) is 1.32. The Bertz CT molecular complexity index is 548. The highest BCUT2D eigenvalue weighted by Crippen LogP contribution is 2.13. The van der Waals surface area contributed by atoms with Crippen LogP contribution in [0.25, 0.3) is 0 Å². The van der Waals surface area contributed by atoms with Crippen LogP contribution in [0.4, 0.5) is 11.4 Å². The highest BCUT2D eigenvalue weighted by molar-refractivity contribution is 9.10. The zero-order valence-corrected chi connectivity index (χ0v) is 10.6. The van der Waals surface area contributed by atoms with Crippen molar-refractivity contribution in [3.63, 3.8) is 0 Å². The summed E-state index contributed by atoms with van der Waals surface area (Å²) >= 11 is 3.21. The number of hydrogen-bond donors (Lipinski definition) is 2. The lowest BCUT2D eigenvalue weighted by atomic mass is 10.3. The van der Waals surface area contributed by atoms with Crippen molar-refractivity contribution in [3.8, 4) is 0 Å². The normalized spacial score (nSPS) is 10.2. The van der Waals surface area contributed by atoms with Gasteiger partial charge in [0.15, 0.2) is 5.69 Å². The van der Waals surface area contributed by atoms with Crippen molar-refractivity contribution in [2.75, 3.05) is 11.1 Å². The van der Waals surface area contributed by atoms with Crippen molar-refractivity contribution in [1.82, 2.24) is 14.8 Å². The van der Waals surface area contributed by atoms with Crippen molar-refractivity contribution < 1.29 is 4.79 Å². The molecule has 7 heteroatoms. The van der Waals surface area contributed by atoms with Gasteiger partial charge in [-0.15, -0.1) is 0 Å². The number of amides is 1. The van der Waals surface area contributed by atoms with Crippen LogP contribution in [0.1, 0.15) is 10.5 Å². The molecule has 88 valence electrons. The Morgan fingerprint density at radius 2 is 2.29 bits per heavy atom. The third-order valence-corrected chi connectivity index (χ3v) is 2.53. The minimum Gasteiger partial charge on any atom is -0.396 e. The monoisotopic (exact) mass is 295 g/mol. The molecule has 0 saturated carbocycles. The van der Waals surface area contributed by atoms with Gasteiger partial charge in [0.2, 0.25) is 0 Å². The van der Waals surface area contributed by atoms with Crippen LogP contribution in [-0.2, 0) is 7.05 Å². The Morgan fingerprint density at radius 3 is 2.82 bits per heavy atom. The second kappa shape index (κ2) is 4.54. The maximum atomic E-state index is 11.8. The van der Waals surface area contributed by atoms with Crippen molar-refractivity contribution in [3.05, 3.63) is 34.8 Å². The van der Waals surface area contributed by atoms with E-state index >= 15 is 0 Å². The maximum Gasteiger partial charge on any atom is 0.278 e. The van der Waals surface area contributed by atoms with E-state index in [1.54, 1.807) is 31.6 Å². The van der Waals surface area contributed by atoms with Gasteiger partial charge in [-0.05, 0) is 28.1 Å². The molecule has 17 heavy (non-hydrogen) atoms. The summed E-state index contributed by atoms with van der Waals surface area (Å²) in [7, 11) is 1.70. The molecule has 0 radical (unpaired) electrons. The molecule has 2 rings (SSSR count). The number of hydrogen-bond acceptors (Lipinski definition) is 4. The van der Waals surface area contributed by atoms with E-state index in [0.717, 1.165) is 0 Å². The predicted octanol–water partition coefficient (Wildman–Crippen LogP) is 1.41. The summed E-state index contributed by atoms with van der Waals surface area (Å²) in [5.74, 6) is -0.354. The first-order chi connectivity index (χ1) is 8.06. The molecule has 0 atom stereocenters. The van der Waals surface area contributed by atoms with Gasteiger partial charge in [0.1, 0.15) is 4.60 Å². The number of pyridine rings is 1. The zero-order valence-electron chi connectivity index (χ0n) is 9.01. The molecular weight excluding hydrogens is 286 g/mol. The van der Waals surface area contributed by atoms with Crippen LogP contribution in [-0.4, -0.2) is 20.7 Å². The minimum absolute atomic E-state index is 0.204. The number of nitrogens with zero attached hydrogens (tertiary/aromatic N) is 3. The lowest BCUT2D eigenvalue weighted by molar-refractivity contribution is 0.102. The fraction of sp³-hybridized carbons (Fsp3) is 0.100. The molecule has 6 nitrogen and oxygen atoms in total. The number of aryl methyl sites for hydroxylation is 1. The molecule has 1 amide bonds. The van der Waals surface area contributed by atoms with E-state index in [0.29, 0.717) is 16.0 Å². The molecule has 2 heterocycles. The Kier molecular flexibility index (Phi) is 3.10. The Hall–Kier alpha value is -1.89. The lowest BCUT2D eigenvalue weighted by Gasteiger charge is -2.02.